The van der Waals surface area contributed by atoms with Crippen molar-refractivity contribution in [2.45, 2.75) is 0 Å². The van der Waals surface area contributed by atoms with Crippen molar-refractivity contribution < 1.29 is 4.42 Å². The van der Waals surface area contributed by atoms with E-state index in [0.29, 0.717) is 0 Å². The van der Waals surface area contributed by atoms with Crippen molar-refractivity contribution in [1.29, 1.82) is 0 Å². The summed E-state index contributed by atoms with van der Waals surface area (Å²) in [5.41, 5.74) is 21.7. The summed E-state index contributed by atoms with van der Waals surface area (Å²) >= 11 is 3.77. The van der Waals surface area contributed by atoms with Crippen LogP contribution in [0.5, 0.6) is 0 Å². The summed E-state index contributed by atoms with van der Waals surface area (Å²) in [6, 6.07) is 192. The molecule has 0 amide bonds. The number of thiophene rings is 2. The van der Waals surface area contributed by atoms with Gasteiger partial charge in [0.15, 0.2) is 0 Å². The number of anilines is 9. The molecule has 0 spiro atoms. The number of hydrogen-bond donors (Lipinski definition) is 0. The molecule has 0 N–H and O–H groups in total. The highest BCUT2D eigenvalue weighted by Crippen LogP contribution is 2.53. The van der Waals surface area contributed by atoms with E-state index in [4.69, 9.17) is 4.42 Å². The second-order valence-electron chi connectivity index (χ2n) is 36.7. The van der Waals surface area contributed by atoms with E-state index in [1.165, 1.54) is 193 Å². The number of rotatable bonds is 13. The normalized spacial score (nSPS) is 11.7. The molecule has 29 rings (SSSR count). The van der Waals surface area contributed by atoms with Gasteiger partial charge >= 0.3 is 0 Å². The molecule has 6 heteroatoms. The zero-order valence-corrected chi connectivity index (χ0v) is 78.9. The predicted molar refractivity (Wildman–Crippen MR) is 613 cm³/mol. The molecule has 0 unspecified atom stereocenters. The number of nitrogens with zero attached hydrogens (tertiary/aromatic N) is 3. The maximum Gasteiger partial charge on any atom is 0.145 e. The number of para-hydroxylation sites is 1. The maximum atomic E-state index is 6.65. The van der Waals surface area contributed by atoms with E-state index in [-0.39, 0.29) is 0 Å². The Bertz CT molecular complexity index is 10000. The highest BCUT2D eigenvalue weighted by Gasteiger charge is 2.27. The summed E-state index contributed by atoms with van der Waals surface area (Å²) in [7, 11) is 0. The van der Waals surface area contributed by atoms with Gasteiger partial charge in [0.2, 0.25) is 0 Å². The van der Waals surface area contributed by atoms with Crippen molar-refractivity contribution in [2.75, 3.05) is 14.7 Å². The molecule has 0 saturated carbocycles. The van der Waals surface area contributed by atoms with Gasteiger partial charge in [0, 0.05) is 112 Å². The van der Waals surface area contributed by atoms with Gasteiger partial charge in [-0.1, -0.05) is 413 Å². The molecule has 0 aliphatic carbocycles. The van der Waals surface area contributed by atoms with E-state index in [2.05, 4.69) is 536 Å². The Morgan fingerprint density at radius 2 is 0.472 bits per heavy atom. The van der Waals surface area contributed by atoms with Crippen LogP contribution in [0.3, 0.4) is 0 Å². The molecular weight excluding hydrogens is 1760 g/mol. The smallest absolute Gasteiger partial charge is 0.145 e. The van der Waals surface area contributed by atoms with Gasteiger partial charge in [-0.3, -0.25) is 0 Å². The highest BCUT2D eigenvalue weighted by molar-refractivity contribution is 7.27. The van der Waals surface area contributed by atoms with Crippen LogP contribution in [-0.2, 0) is 0 Å². The molecule has 4 nitrogen and oxygen atoms in total. The van der Waals surface area contributed by atoms with E-state index in [9.17, 15) is 0 Å². The van der Waals surface area contributed by atoms with Crippen LogP contribution in [0.4, 0.5) is 51.2 Å². The molecule has 0 atom stereocenters. The largest absolute Gasteiger partial charge is 0.455 e. The van der Waals surface area contributed by atoms with Crippen LogP contribution in [0.1, 0.15) is 0 Å². The molecule has 0 saturated heterocycles. The SMILES string of the molecule is c1ccc(-c2ccc(N(c3ccc(-c4cc5ccccc5c5ccccc45)cc3)c3cccc4c3ccc3c5ccccc5sc43)cc2)cc1.c1ccc(-c2ccc(N(c3ccc(-c4ccc5c(ccc6ccccc65)c4)cc3)c3cccc4c3ccc3c5ccccc5sc43)cc2)cc1.c1ccc2c(N(c3cc4ccccc4c4ccccc34)c3cccc4ccc5c6ccccc6oc5c34)cccc2c1. The Labute approximate surface area is 828 Å². The number of hydrogen-bond acceptors (Lipinski definition) is 6. The summed E-state index contributed by atoms with van der Waals surface area (Å²) in [4.78, 5) is 7.27. The van der Waals surface area contributed by atoms with Gasteiger partial charge in [-0.15, -0.1) is 22.7 Å². The van der Waals surface area contributed by atoms with E-state index >= 15 is 0 Å². The van der Waals surface area contributed by atoms with E-state index in [0.717, 1.165) is 72.5 Å². The maximum absolute atomic E-state index is 6.65. The number of furan rings is 1. The average Bonchev–Trinajstić information content (AvgIpc) is 1.43. The first-order valence-corrected chi connectivity index (χ1v) is 50.2. The molecule has 26 aromatic carbocycles. The fourth-order valence-corrected chi connectivity index (χ4v) is 24.4. The second-order valence-corrected chi connectivity index (χ2v) is 38.8. The number of benzene rings is 26. The van der Waals surface area contributed by atoms with Crippen molar-refractivity contribution >= 4 is 244 Å². The van der Waals surface area contributed by atoms with Crippen LogP contribution in [0.15, 0.2) is 532 Å². The monoisotopic (exact) mass is 1840 g/mol. The zero-order chi connectivity index (χ0) is 93.7. The first kappa shape index (κ1) is 83.3. The van der Waals surface area contributed by atoms with E-state index in [1.807, 2.05) is 28.7 Å². The Hall–Kier alpha value is -18.0. The molecule has 142 heavy (non-hydrogen) atoms. The van der Waals surface area contributed by atoms with Crippen LogP contribution in [0, 0.1) is 0 Å². The van der Waals surface area contributed by atoms with Crippen molar-refractivity contribution in [1.82, 2.24) is 0 Å². The van der Waals surface area contributed by atoms with Crippen LogP contribution >= 0.6 is 22.7 Å². The third-order valence-corrected chi connectivity index (χ3v) is 31.2. The third-order valence-electron chi connectivity index (χ3n) is 28.7. The minimum Gasteiger partial charge on any atom is -0.455 e. The highest BCUT2D eigenvalue weighted by atomic mass is 32.1. The lowest BCUT2D eigenvalue weighted by atomic mass is 9.93. The molecule has 0 fully saturated rings. The molecule has 0 bridgehead atoms. The summed E-state index contributed by atoms with van der Waals surface area (Å²) in [5.74, 6) is 0. The molecule has 29 aromatic rings. The summed E-state index contributed by atoms with van der Waals surface area (Å²) in [5, 5.41) is 32.4. The van der Waals surface area contributed by atoms with E-state index in [1.54, 1.807) is 0 Å². The molecule has 664 valence electrons. The van der Waals surface area contributed by atoms with Crippen LogP contribution < -0.4 is 14.7 Å². The number of fused-ring (bicyclic) bond motifs is 25. The average molecular weight is 1840 g/mol. The first-order valence-electron chi connectivity index (χ1n) is 48.6. The topological polar surface area (TPSA) is 22.9 Å². The van der Waals surface area contributed by atoms with Gasteiger partial charge in [0.25, 0.3) is 0 Å². The Balaban J connectivity index is 0.000000107. The van der Waals surface area contributed by atoms with Gasteiger partial charge in [0.1, 0.15) is 11.2 Å². The van der Waals surface area contributed by atoms with Crippen molar-refractivity contribution in [3.05, 3.63) is 528 Å². The van der Waals surface area contributed by atoms with Crippen molar-refractivity contribution in [3.63, 3.8) is 0 Å². The molecule has 0 aliphatic heterocycles. The summed E-state index contributed by atoms with van der Waals surface area (Å²) < 4.78 is 12.0. The minimum atomic E-state index is 0.905. The van der Waals surface area contributed by atoms with Gasteiger partial charge < -0.3 is 19.1 Å². The Kier molecular flexibility index (Phi) is 20.7. The third kappa shape index (κ3) is 14.6. The van der Waals surface area contributed by atoms with Gasteiger partial charge in [0.05, 0.1) is 28.4 Å². The lowest BCUT2D eigenvalue weighted by molar-refractivity contribution is 0.672. The fourth-order valence-electron chi connectivity index (χ4n) is 22.0. The molecule has 0 aliphatic rings. The fraction of sp³-hybridized carbons (Fsp3) is 0. The van der Waals surface area contributed by atoms with Gasteiger partial charge in [-0.2, -0.15) is 0 Å². The molecule has 0 radical (unpaired) electrons. The van der Waals surface area contributed by atoms with Crippen LogP contribution in [-0.4, -0.2) is 0 Å². The van der Waals surface area contributed by atoms with E-state index < -0.39 is 0 Å². The lowest BCUT2D eigenvalue weighted by Gasteiger charge is -2.29. The Morgan fingerprint density at radius 3 is 1.03 bits per heavy atom. The molecule has 3 aromatic heterocycles. The second kappa shape index (κ2) is 35.2. The minimum absolute atomic E-state index is 0.905. The summed E-state index contributed by atoms with van der Waals surface area (Å²) in [6.45, 7) is 0. The first-order chi connectivity index (χ1) is 70.4. The predicted octanol–water partition coefficient (Wildman–Crippen LogP) is 40.3. The standard InChI is InChI=1S/2C48H31NS.C40H25NO/c1-2-11-32(12-3-1)33-21-25-36(26-22-33)49(46-19-10-18-43-41(46)29-30-44-42-17-8-9-20-47(42)50-48(43)44)37-27-23-34(24-28-37)45-31-35-13-4-5-14-38(35)39-15-6-7-16-40(39)45;1-2-9-32(10-3-1)33-19-24-38(25-20-33)49(46-15-8-14-44-42(46)29-30-45-43-13-6-7-16-47(43)50-48(44)45)39-26-21-34(22-27-39)36-23-28-41-37(31-36)18-17-35-11-4-5-12-40(35)41;1-4-16-30-26(11-1)13-9-20-35(30)41(37-25-28-12-2-3-15-29(28)31-17-5-6-18-32(31)37)36-21-10-14-27-23-24-34-33-19-7-8-22-38(33)42-40(34)39(27)36/h2*1-31H;1-25H. The lowest BCUT2D eigenvalue weighted by Crippen LogP contribution is -2.12. The van der Waals surface area contributed by atoms with Crippen LogP contribution in [0.2, 0.25) is 0 Å². The van der Waals surface area contributed by atoms with Crippen molar-refractivity contribution in [2.24, 2.45) is 0 Å². The molecular formula is C136H87N3OS2. The molecule has 3 heterocycles. The Morgan fingerprint density at radius 1 is 0.155 bits per heavy atom. The van der Waals surface area contributed by atoms with Crippen molar-refractivity contribution in [3.8, 4) is 44.5 Å². The summed E-state index contributed by atoms with van der Waals surface area (Å²) in [6.07, 6.45) is 0. The van der Waals surface area contributed by atoms with Gasteiger partial charge in [-0.05, 0) is 230 Å². The quantitative estimate of drug-likeness (QED) is 0.107. The van der Waals surface area contributed by atoms with Gasteiger partial charge in [-0.25, -0.2) is 0 Å². The zero-order valence-electron chi connectivity index (χ0n) is 77.3. The van der Waals surface area contributed by atoms with Crippen LogP contribution in [0.25, 0.3) is 215 Å².